The summed E-state index contributed by atoms with van der Waals surface area (Å²) in [5, 5.41) is 0. The number of rotatable bonds is 3. The molecule has 0 saturated carbocycles. The number of Topliss-reactive ketones (excluding diaryl/α,β-unsaturated/α-hetero) is 1. The molecule has 0 aromatic heterocycles. The van der Waals surface area contributed by atoms with Gasteiger partial charge in [-0.3, -0.25) is 19.3 Å². The Bertz CT molecular complexity index is 710. The van der Waals surface area contributed by atoms with E-state index in [0.717, 1.165) is 16.0 Å². The summed E-state index contributed by atoms with van der Waals surface area (Å²) in [6, 6.07) is 18.3. The molecule has 2 aromatic carbocycles. The molecule has 1 saturated heterocycles. The standard InChI is InChI=1S/C18H15NO3/c20-16(11-13-7-3-1-4-8-13)19-12-15(17(21)18(19)22)14-9-5-2-6-10-14/h1-10,15H,11-12H2/t15-/m0/s1. The van der Waals surface area contributed by atoms with Gasteiger partial charge < -0.3 is 0 Å². The zero-order valence-electron chi connectivity index (χ0n) is 11.9. The van der Waals surface area contributed by atoms with Crippen LogP contribution in [0.25, 0.3) is 0 Å². The molecule has 0 aliphatic carbocycles. The number of imide groups is 1. The lowest BCUT2D eigenvalue weighted by Gasteiger charge is -2.13. The highest BCUT2D eigenvalue weighted by Crippen LogP contribution is 2.25. The first-order valence-corrected chi connectivity index (χ1v) is 7.14. The van der Waals surface area contributed by atoms with E-state index in [-0.39, 0.29) is 18.9 Å². The summed E-state index contributed by atoms with van der Waals surface area (Å²) >= 11 is 0. The minimum absolute atomic E-state index is 0.126. The first-order valence-electron chi connectivity index (χ1n) is 7.14. The van der Waals surface area contributed by atoms with Crippen molar-refractivity contribution in [3.8, 4) is 0 Å². The highest BCUT2D eigenvalue weighted by atomic mass is 16.2. The number of carbonyl (C=O) groups is 3. The van der Waals surface area contributed by atoms with Crippen LogP contribution in [0.1, 0.15) is 17.0 Å². The van der Waals surface area contributed by atoms with Crippen molar-refractivity contribution >= 4 is 17.6 Å². The lowest BCUT2D eigenvalue weighted by atomic mass is 9.97. The van der Waals surface area contributed by atoms with E-state index < -0.39 is 17.6 Å². The molecule has 22 heavy (non-hydrogen) atoms. The average Bonchev–Trinajstić information content (AvgIpc) is 2.85. The smallest absolute Gasteiger partial charge is 0.288 e. The van der Waals surface area contributed by atoms with Crippen LogP contribution in [0.2, 0.25) is 0 Å². The third kappa shape index (κ3) is 2.68. The molecule has 110 valence electrons. The Morgan fingerprint density at radius 3 is 2.18 bits per heavy atom. The van der Waals surface area contributed by atoms with E-state index in [4.69, 9.17) is 0 Å². The summed E-state index contributed by atoms with van der Waals surface area (Å²) in [5.74, 6) is -2.08. The van der Waals surface area contributed by atoms with E-state index in [9.17, 15) is 14.4 Å². The monoisotopic (exact) mass is 293 g/mol. The summed E-state index contributed by atoms with van der Waals surface area (Å²) in [5.41, 5.74) is 1.60. The molecule has 0 spiro atoms. The molecule has 1 heterocycles. The van der Waals surface area contributed by atoms with Crippen molar-refractivity contribution in [2.45, 2.75) is 12.3 Å². The zero-order chi connectivity index (χ0) is 15.5. The molecule has 2 aromatic rings. The Morgan fingerprint density at radius 1 is 0.955 bits per heavy atom. The van der Waals surface area contributed by atoms with Crippen LogP contribution >= 0.6 is 0 Å². The van der Waals surface area contributed by atoms with E-state index >= 15 is 0 Å². The molecule has 2 amide bonds. The van der Waals surface area contributed by atoms with Crippen LogP contribution in [0, 0.1) is 0 Å². The van der Waals surface area contributed by atoms with Crippen molar-refractivity contribution in [3.63, 3.8) is 0 Å². The van der Waals surface area contributed by atoms with Crippen LogP contribution in [-0.4, -0.2) is 29.0 Å². The highest BCUT2D eigenvalue weighted by Gasteiger charge is 2.42. The predicted molar refractivity (Wildman–Crippen MR) is 81.1 cm³/mol. The van der Waals surface area contributed by atoms with E-state index in [1.54, 1.807) is 12.1 Å². The first-order chi connectivity index (χ1) is 10.7. The van der Waals surface area contributed by atoms with Gasteiger partial charge in [0.15, 0.2) is 0 Å². The summed E-state index contributed by atoms with van der Waals surface area (Å²) in [7, 11) is 0. The average molecular weight is 293 g/mol. The first kappa shape index (κ1) is 14.2. The second-order valence-electron chi connectivity index (χ2n) is 5.30. The largest absolute Gasteiger partial charge is 0.297 e. The topological polar surface area (TPSA) is 54.5 Å². The van der Waals surface area contributed by atoms with Gasteiger partial charge in [0.05, 0.1) is 12.3 Å². The van der Waals surface area contributed by atoms with Gasteiger partial charge in [-0.05, 0) is 11.1 Å². The van der Waals surface area contributed by atoms with Crippen molar-refractivity contribution < 1.29 is 14.4 Å². The number of benzene rings is 2. The molecule has 0 unspecified atom stereocenters. The van der Waals surface area contributed by atoms with Crippen LogP contribution in [0.15, 0.2) is 60.7 Å². The second-order valence-corrected chi connectivity index (χ2v) is 5.30. The number of ketones is 1. The number of hydrogen-bond acceptors (Lipinski definition) is 3. The van der Waals surface area contributed by atoms with Crippen molar-refractivity contribution in [1.29, 1.82) is 0 Å². The predicted octanol–water partition coefficient (Wildman–Crippen LogP) is 1.95. The third-order valence-corrected chi connectivity index (χ3v) is 3.84. The lowest BCUT2D eigenvalue weighted by molar-refractivity contribution is -0.146. The number of likely N-dealkylation sites (tertiary alicyclic amines) is 1. The van der Waals surface area contributed by atoms with Gasteiger partial charge in [-0.15, -0.1) is 0 Å². The lowest BCUT2D eigenvalue weighted by Crippen LogP contribution is -2.35. The molecular weight excluding hydrogens is 278 g/mol. The SMILES string of the molecule is O=C1C(=O)N(C(=O)Cc2ccccc2)C[C@H]1c1ccccc1. The van der Waals surface area contributed by atoms with Gasteiger partial charge in [0.2, 0.25) is 11.7 Å². The summed E-state index contributed by atoms with van der Waals surface area (Å²) in [6.45, 7) is 0.132. The Labute approximate surface area is 128 Å². The molecular formula is C18H15NO3. The molecule has 0 bridgehead atoms. The molecule has 4 heteroatoms. The van der Waals surface area contributed by atoms with Crippen LogP contribution in [-0.2, 0) is 20.8 Å². The van der Waals surface area contributed by atoms with Crippen LogP contribution in [0.4, 0.5) is 0 Å². The molecule has 1 atom stereocenters. The normalized spacial score (nSPS) is 17.8. The van der Waals surface area contributed by atoms with E-state index in [1.165, 1.54) is 0 Å². The highest BCUT2D eigenvalue weighted by molar-refractivity contribution is 6.42. The number of carbonyl (C=O) groups excluding carboxylic acids is 3. The van der Waals surface area contributed by atoms with Crippen LogP contribution in [0.3, 0.4) is 0 Å². The quantitative estimate of drug-likeness (QED) is 0.813. The Hall–Kier alpha value is -2.75. The van der Waals surface area contributed by atoms with E-state index in [1.807, 2.05) is 48.5 Å². The molecule has 4 nitrogen and oxygen atoms in total. The van der Waals surface area contributed by atoms with Gasteiger partial charge in [0.1, 0.15) is 0 Å². The Kier molecular flexibility index (Phi) is 3.83. The van der Waals surface area contributed by atoms with E-state index in [2.05, 4.69) is 0 Å². The van der Waals surface area contributed by atoms with Crippen molar-refractivity contribution in [3.05, 3.63) is 71.8 Å². The maximum atomic E-state index is 12.3. The van der Waals surface area contributed by atoms with Crippen molar-refractivity contribution in [1.82, 2.24) is 4.90 Å². The van der Waals surface area contributed by atoms with Crippen LogP contribution in [0.5, 0.6) is 0 Å². The van der Waals surface area contributed by atoms with Crippen LogP contribution < -0.4 is 0 Å². The maximum Gasteiger partial charge on any atom is 0.297 e. The van der Waals surface area contributed by atoms with Gasteiger partial charge in [-0.1, -0.05) is 60.7 Å². The second kappa shape index (κ2) is 5.93. The minimum atomic E-state index is -0.699. The van der Waals surface area contributed by atoms with E-state index in [0.29, 0.717) is 0 Å². The zero-order valence-corrected chi connectivity index (χ0v) is 11.9. The fourth-order valence-electron chi connectivity index (χ4n) is 2.65. The summed E-state index contributed by atoms with van der Waals surface area (Å²) < 4.78 is 0. The molecule has 0 N–H and O–H groups in total. The van der Waals surface area contributed by atoms with Gasteiger partial charge >= 0.3 is 0 Å². The van der Waals surface area contributed by atoms with Gasteiger partial charge in [-0.25, -0.2) is 0 Å². The van der Waals surface area contributed by atoms with Crippen molar-refractivity contribution in [2.24, 2.45) is 0 Å². The summed E-state index contributed by atoms with van der Waals surface area (Å²) in [6.07, 6.45) is 0.126. The maximum absolute atomic E-state index is 12.3. The van der Waals surface area contributed by atoms with Crippen molar-refractivity contribution in [2.75, 3.05) is 6.54 Å². The number of hydrogen-bond donors (Lipinski definition) is 0. The molecule has 3 rings (SSSR count). The number of nitrogens with zero attached hydrogens (tertiary/aromatic N) is 1. The van der Waals surface area contributed by atoms with Gasteiger partial charge in [-0.2, -0.15) is 0 Å². The third-order valence-electron chi connectivity index (χ3n) is 3.84. The molecule has 1 aliphatic heterocycles. The number of amides is 2. The summed E-state index contributed by atoms with van der Waals surface area (Å²) in [4.78, 5) is 37.6. The molecule has 1 aliphatic rings. The molecule has 1 fully saturated rings. The minimum Gasteiger partial charge on any atom is -0.288 e. The Balaban J connectivity index is 1.77. The fraction of sp³-hybridized carbons (Fsp3) is 0.167. The van der Waals surface area contributed by atoms with Gasteiger partial charge in [0.25, 0.3) is 5.91 Å². The fourth-order valence-corrected chi connectivity index (χ4v) is 2.65. The molecule has 0 radical (unpaired) electrons. The van der Waals surface area contributed by atoms with Gasteiger partial charge in [0, 0.05) is 6.54 Å². The Morgan fingerprint density at radius 2 is 1.55 bits per heavy atom.